The number of carbonyl (C=O) groups is 1. The third-order valence-electron chi connectivity index (χ3n) is 4.23. The van der Waals surface area contributed by atoms with Crippen molar-refractivity contribution in [3.8, 4) is 0 Å². The Morgan fingerprint density at radius 2 is 2.17 bits per heavy atom. The number of nitrogens with zero attached hydrogens (tertiary/aromatic N) is 3. The molecule has 1 saturated heterocycles. The Labute approximate surface area is 107 Å². The van der Waals surface area contributed by atoms with Crippen molar-refractivity contribution >= 4 is 17.4 Å². The van der Waals surface area contributed by atoms with Crippen LogP contribution in [0, 0.1) is 12.3 Å². The first kappa shape index (κ1) is 11.6. The second-order valence-corrected chi connectivity index (χ2v) is 6.08. The lowest BCUT2D eigenvalue weighted by Gasteiger charge is -2.48. The molecule has 3 heterocycles. The highest BCUT2D eigenvalue weighted by Crippen LogP contribution is 2.44. The molecule has 0 radical (unpaired) electrons. The van der Waals surface area contributed by atoms with E-state index in [2.05, 4.69) is 29.2 Å². The number of fused-ring (bicyclic) bond motifs is 3. The zero-order valence-corrected chi connectivity index (χ0v) is 11.4. The first-order valence-electron chi connectivity index (χ1n) is 6.53. The molecule has 1 aromatic rings. The Balaban J connectivity index is 2.15. The molecule has 2 aliphatic rings. The largest absolute Gasteiger partial charge is 0.342 e. The number of amides is 1. The lowest BCUT2D eigenvalue weighted by molar-refractivity contribution is -0.120. The van der Waals surface area contributed by atoms with Crippen molar-refractivity contribution in [3.63, 3.8) is 0 Å². The quantitative estimate of drug-likeness (QED) is 0.760. The Kier molecular flexibility index (Phi) is 2.24. The van der Waals surface area contributed by atoms with Crippen LogP contribution in [0.2, 0.25) is 0 Å². The predicted octanol–water partition coefficient (Wildman–Crippen LogP) is 1.68. The third kappa shape index (κ3) is 1.39. The standard InChI is InChI=1S/C13H20N4O/c1-8-9-12(16(4)15-8)17-7-5-6-13(2,3)10(17)11(18)14-9/h10H,5-7H2,1-4H3,(H,14,18). The van der Waals surface area contributed by atoms with E-state index < -0.39 is 0 Å². The molecule has 0 saturated carbocycles. The fourth-order valence-corrected chi connectivity index (χ4v) is 3.43. The van der Waals surface area contributed by atoms with E-state index in [0.29, 0.717) is 0 Å². The minimum absolute atomic E-state index is 0.0121. The van der Waals surface area contributed by atoms with Gasteiger partial charge in [-0.15, -0.1) is 0 Å². The molecular formula is C13H20N4O. The summed E-state index contributed by atoms with van der Waals surface area (Å²) in [5.74, 6) is 1.17. The molecule has 1 fully saturated rings. The van der Waals surface area contributed by atoms with Gasteiger partial charge in [0.2, 0.25) is 5.91 Å². The topological polar surface area (TPSA) is 50.2 Å². The Hall–Kier alpha value is -1.52. The minimum atomic E-state index is -0.0754. The van der Waals surface area contributed by atoms with E-state index in [9.17, 15) is 4.79 Å². The van der Waals surface area contributed by atoms with E-state index in [1.54, 1.807) is 0 Å². The molecule has 0 aromatic carbocycles. The number of hydrogen-bond acceptors (Lipinski definition) is 3. The molecule has 0 aliphatic carbocycles. The van der Waals surface area contributed by atoms with Crippen molar-refractivity contribution in [2.45, 2.75) is 39.7 Å². The highest BCUT2D eigenvalue weighted by molar-refractivity contribution is 6.04. The van der Waals surface area contributed by atoms with Gasteiger partial charge < -0.3 is 10.2 Å². The van der Waals surface area contributed by atoms with Gasteiger partial charge in [-0.05, 0) is 25.2 Å². The highest BCUT2D eigenvalue weighted by Gasteiger charge is 2.47. The highest BCUT2D eigenvalue weighted by atomic mass is 16.2. The number of hydrogen-bond donors (Lipinski definition) is 1. The fourth-order valence-electron chi connectivity index (χ4n) is 3.43. The molecule has 3 rings (SSSR count). The van der Waals surface area contributed by atoms with Crippen LogP contribution in [0.1, 0.15) is 32.4 Å². The number of nitrogens with one attached hydrogen (secondary N) is 1. The molecule has 0 bridgehead atoms. The summed E-state index contributed by atoms with van der Waals surface area (Å²) in [6, 6.07) is -0.0754. The van der Waals surface area contributed by atoms with E-state index in [0.717, 1.165) is 36.6 Å². The monoisotopic (exact) mass is 248 g/mol. The molecule has 98 valence electrons. The fraction of sp³-hybridized carbons (Fsp3) is 0.692. The van der Waals surface area contributed by atoms with Crippen LogP contribution in [-0.4, -0.2) is 28.3 Å². The number of piperidine rings is 1. The van der Waals surface area contributed by atoms with Gasteiger partial charge in [-0.2, -0.15) is 5.10 Å². The van der Waals surface area contributed by atoms with Gasteiger partial charge in [-0.1, -0.05) is 13.8 Å². The number of anilines is 2. The molecule has 0 spiro atoms. The van der Waals surface area contributed by atoms with Crippen molar-refractivity contribution in [2.75, 3.05) is 16.8 Å². The van der Waals surface area contributed by atoms with Crippen LogP contribution in [-0.2, 0) is 11.8 Å². The molecule has 1 unspecified atom stereocenters. The summed E-state index contributed by atoms with van der Waals surface area (Å²) in [7, 11) is 1.95. The minimum Gasteiger partial charge on any atom is -0.342 e. The van der Waals surface area contributed by atoms with E-state index >= 15 is 0 Å². The van der Waals surface area contributed by atoms with Gasteiger partial charge >= 0.3 is 0 Å². The van der Waals surface area contributed by atoms with E-state index in [4.69, 9.17) is 0 Å². The molecule has 18 heavy (non-hydrogen) atoms. The first-order chi connectivity index (χ1) is 8.42. The zero-order valence-electron chi connectivity index (χ0n) is 11.4. The lowest BCUT2D eigenvalue weighted by Crippen LogP contribution is -2.59. The van der Waals surface area contributed by atoms with Crippen LogP contribution >= 0.6 is 0 Å². The molecule has 1 amide bonds. The lowest BCUT2D eigenvalue weighted by atomic mass is 9.75. The van der Waals surface area contributed by atoms with E-state index in [1.165, 1.54) is 0 Å². The van der Waals surface area contributed by atoms with Crippen LogP contribution < -0.4 is 10.2 Å². The molecule has 5 heteroatoms. The maximum atomic E-state index is 12.4. The second-order valence-electron chi connectivity index (χ2n) is 6.08. The van der Waals surface area contributed by atoms with Crippen LogP contribution in [0.4, 0.5) is 11.5 Å². The molecule has 1 aromatic heterocycles. The van der Waals surface area contributed by atoms with Gasteiger partial charge in [-0.25, -0.2) is 0 Å². The molecule has 1 N–H and O–H groups in total. The number of aryl methyl sites for hydroxylation is 2. The molecule has 2 aliphatic heterocycles. The maximum Gasteiger partial charge on any atom is 0.247 e. The summed E-state index contributed by atoms with van der Waals surface area (Å²) in [5.41, 5.74) is 1.79. The van der Waals surface area contributed by atoms with Gasteiger partial charge in [0.15, 0.2) is 5.82 Å². The van der Waals surface area contributed by atoms with Crippen LogP contribution in [0.3, 0.4) is 0 Å². The van der Waals surface area contributed by atoms with Crippen molar-refractivity contribution in [3.05, 3.63) is 5.69 Å². The Morgan fingerprint density at radius 1 is 1.44 bits per heavy atom. The van der Waals surface area contributed by atoms with Gasteiger partial charge in [0.1, 0.15) is 11.7 Å². The van der Waals surface area contributed by atoms with Crippen molar-refractivity contribution in [1.29, 1.82) is 0 Å². The van der Waals surface area contributed by atoms with Crippen LogP contribution in [0.15, 0.2) is 0 Å². The van der Waals surface area contributed by atoms with Gasteiger partial charge in [-0.3, -0.25) is 9.48 Å². The van der Waals surface area contributed by atoms with Gasteiger partial charge in [0, 0.05) is 13.6 Å². The Bertz CT molecular complexity index is 517. The second kappa shape index (κ2) is 3.49. The number of carbonyl (C=O) groups excluding carboxylic acids is 1. The number of rotatable bonds is 0. The van der Waals surface area contributed by atoms with E-state index in [1.807, 2.05) is 18.7 Å². The zero-order chi connectivity index (χ0) is 13.1. The van der Waals surface area contributed by atoms with Crippen LogP contribution in [0.25, 0.3) is 0 Å². The first-order valence-corrected chi connectivity index (χ1v) is 6.53. The van der Waals surface area contributed by atoms with Crippen LogP contribution in [0.5, 0.6) is 0 Å². The van der Waals surface area contributed by atoms with Crippen molar-refractivity contribution in [2.24, 2.45) is 12.5 Å². The summed E-state index contributed by atoms with van der Waals surface area (Å²) >= 11 is 0. The van der Waals surface area contributed by atoms with Crippen molar-refractivity contribution < 1.29 is 4.79 Å². The van der Waals surface area contributed by atoms with E-state index in [-0.39, 0.29) is 17.4 Å². The third-order valence-corrected chi connectivity index (χ3v) is 4.23. The van der Waals surface area contributed by atoms with Gasteiger partial charge in [0.25, 0.3) is 0 Å². The summed E-state index contributed by atoms with van der Waals surface area (Å²) in [6.07, 6.45) is 2.22. The summed E-state index contributed by atoms with van der Waals surface area (Å²) in [5, 5.41) is 7.47. The van der Waals surface area contributed by atoms with Crippen molar-refractivity contribution in [1.82, 2.24) is 9.78 Å². The predicted molar refractivity (Wildman–Crippen MR) is 70.7 cm³/mol. The summed E-state index contributed by atoms with van der Waals surface area (Å²) < 4.78 is 1.89. The molecule has 1 atom stereocenters. The molecular weight excluding hydrogens is 228 g/mol. The normalized spacial score (nSPS) is 25.4. The average molecular weight is 248 g/mol. The average Bonchev–Trinajstić information content (AvgIpc) is 2.53. The van der Waals surface area contributed by atoms with Gasteiger partial charge in [0.05, 0.1) is 5.69 Å². The summed E-state index contributed by atoms with van der Waals surface area (Å²) in [6.45, 7) is 7.23. The Morgan fingerprint density at radius 3 is 2.89 bits per heavy atom. The maximum absolute atomic E-state index is 12.4. The number of aromatic nitrogens is 2. The summed E-state index contributed by atoms with van der Waals surface area (Å²) in [4.78, 5) is 14.6. The molecule has 5 nitrogen and oxygen atoms in total. The smallest absolute Gasteiger partial charge is 0.247 e. The SMILES string of the molecule is Cc1nn(C)c2c1NC(=O)C1N2CCCC1(C)C.